The van der Waals surface area contributed by atoms with Gasteiger partial charge in [-0.2, -0.15) is 0 Å². The Balaban J connectivity index is 1.96. The molecule has 116 valence electrons. The van der Waals surface area contributed by atoms with Gasteiger partial charge in [0, 0.05) is 32.6 Å². The molecule has 20 heavy (non-hydrogen) atoms. The van der Waals surface area contributed by atoms with E-state index in [2.05, 4.69) is 22.0 Å². The zero-order chi connectivity index (χ0) is 14.5. The Hall–Kier alpha value is -0.650. The largest absolute Gasteiger partial charge is 0.377 e. The molecule has 1 unspecified atom stereocenters. The van der Waals surface area contributed by atoms with Gasteiger partial charge in [-0.25, -0.2) is 0 Å². The predicted octanol–water partition coefficient (Wildman–Crippen LogP) is 0.780. The van der Waals surface area contributed by atoms with Gasteiger partial charge < -0.3 is 10.4 Å². The van der Waals surface area contributed by atoms with Crippen LogP contribution in [0.2, 0.25) is 0 Å². The number of nitrogens with zero attached hydrogens (tertiary/aromatic N) is 2. The SMILES string of the molecule is CCCCN1C[C@@H](NC(C)=O)C[C@H]1C(O)N1CCCC1. The molecule has 2 aliphatic rings. The molecule has 5 nitrogen and oxygen atoms in total. The van der Waals surface area contributed by atoms with Gasteiger partial charge in [-0.3, -0.25) is 14.6 Å². The fourth-order valence-corrected chi connectivity index (χ4v) is 3.50. The van der Waals surface area contributed by atoms with Crippen LogP contribution in [0.15, 0.2) is 0 Å². The lowest BCUT2D eigenvalue weighted by atomic mass is 10.1. The second-order valence-corrected chi connectivity index (χ2v) is 6.21. The van der Waals surface area contributed by atoms with Gasteiger partial charge in [0.05, 0.1) is 6.04 Å². The quantitative estimate of drug-likeness (QED) is 0.756. The normalized spacial score (nSPS) is 29.8. The van der Waals surface area contributed by atoms with Crippen molar-refractivity contribution in [1.82, 2.24) is 15.1 Å². The number of unbranched alkanes of at least 4 members (excludes halogenated alkanes) is 1. The third-order valence-corrected chi connectivity index (χ3v) is 4.52. The molecule has 0 spiro atoms. The smallest absolute Gasteiger partial charge is 0.217 e. The first kappa shape index (κ1) is 15.7. The van der Waals surface area contributed by atoms with Gasteiger partial charge in [-0.15, -0.1) is 0 Å². The van der Waals surface area contributed by atoms with Gasteiger partial charge in [0.2, 0.25) is 5.91 Å². The minimum atomic E-state index is -0.381. The van der Waals surface area contributed by atoms with Crippen molar-refractivity contribution in [2.75, 3.05) is 26.2 Å². The summed E-state index contributed by atoms with van der Waals surface area (Å²) in [5.74, 6) is 0.0294. The molecule has 2 saturated heterocycles. The summed E-state index contributed by atoms with van der Waals surface area (Å²) in [7, 11) is 0. The highest BCUT2D eigenvalue weighted by Gasteiger charge is 2.39. The number of aliphatic hydroxyl groups excluding tert-OH is 1. The number of aliphatic hydroxyl groups is 1. The number of carbonyl (C=O) groups excluding carboxylic acids is 1. The van der Waals surface area contributed by atoms with Gasteiger partial charge in [-0.1, -0.05) is 13.3 Å². The molecule has 0 radical (unpaired) electrons. The lowest BCUT2D eigenvalue weighted by molar-refractivity contribution is -0.119. The van der Waals surface area contributed by atoms with E-state index in [9.17, 15) is 9.90 Å². The Morgan fingerprint density at radius 1 is 1.40 bits per heavy atom. The fraction of sp³-hybridized carbons (Fsp3) is 0.933. The maximum atomic E-state index is 11.3. The minimum Gasteiger partial charge on any atom is -0.377 e. The molecule has 2 aliphatic heterocycles. The van der Waals surface area contributed by atoms with E-state index in [1.807, 2.05) is 0 Å². The van der Waals surface area contributed by atoms with E-state index < -0.39 is 0 Å². The van der Waals surface area contributed by atoms with Gasteiger partial charge >= 0.3 is 0 Å². The standard InChI is InChI=1S/C15H29N3O2/c1-3-4-7-18-11-13(16-12(2)19)10-14(18)15(20)17-8-5-6-9-17/h13-15,20H,3-11H2,1-2H3,(H,16,19)/t13-,14-,15?/m0/s1. The molecule has 2 rings (SSSR count). The molecular weight excluding hydrogens is 254 g/mol. The molecule has 0 aliphatic carbocycles. The van der Waals surface area contributed by atoms with Crippen molar-refractivity contribution in [2.45, 2.75) is 64.3 Å². The molecule has 0 aromatic heterocycles. The molecule has 0 aromatic carbocycles. The first-order valence-electron chi connectivity index (χ1n) is 8.05. The van der Waals surface area contributed by atoms with Crippen LogP contribution in [-0.2, 0) is 4.79 Å². The van der Waals surface area contributed by atoms with Crippen LogP contribution in [0.5, 0.6) is 0 Å². The van der Waals surface area contributed by atoms with Gasteiger partial charge in [0.1, 0.15) is 6.23 Å². The number of carbonyl (C=O) groups is 1. The highest BCUT2D eigenvalue weighted by Crippen LogP contribution is 2.25. The van der Waals surface area contributed by atoms with E-state index >= 15 is 0 Å². The van der Waals surface area contributed by atoms with Crippen LogP contribution in [0, 0.1) is 0 Å². The van der Waals surface area contributed by atoms with Gasteiger partial charge in [-0.05, 0) is 32.2 Å². The number of likely N-dealkylation sites (tertiary alicyclic amines) is 2. The second-order valence-electron chi connectivity index (χ2n) is 6.21. The number of hydrogen-bond donors (Lipinski definition) is 2. The Kier molecular flexibility index (Phi) is 5.81. The van der Waals surface area contributed by atoms with Crippen molar-refractivity contribution in [2.24, 2.45) is 0 Å². The van der Waals surface area contributed by atoms with Crippen LogP contribution in [0.3, 0.4) is 0 Å². The molecular formula is C15H29N3O2. The van der Waals surface area contributed by atoms with E-state index in [0.29, 0.717) is 0 Å². The average Bonchev–Trinajstić information content (AvgIpc) is 3.04. The Morgan fingerprint density at radius 2 is 2.10 bits per heavy atom. The molecule has 2 heterocycles. The van der Waals surface area contributed by atoms with E-state index in [-0.39, 0.29) is 24.2 Å². The maximum absolute atomic E-state index is 11.3. The molecule has 3 atom stereocenters. The van der Waals surface area contributed by atoms with Crippen molar-refractivity contribution < 1.29 is 9.90 Å². The number of nitrogens with one attached hydrogen (secondary N) is 1. The fourth-order valence-electron chi connectivity index (χ4n) is 3.50. The number of hydrogen-bond acceptors (Lipinski definition) is 4. The van der Waals surface area contributed by atoms with E-state index in [4.69, 9.17) is 0 Å². The van der Waals surface area contributed by atoms with E-state index in [1.165, 1.54) is 12.8 Å². The third kappa shape index (κ3) is 3.93. The van der Waals surface area contributed by atoms with E-state index in [0.717, 1.165) is 45.4 Å². The summed E-state index contributed by atoms with van der Waals surface area (Å²) >= 11 is 0. The topological polar surface area (TPSA) is 55.8 Å². The minimum absolute atomic E-state index is 0.0294. The highest BCUT2D eigenvalue weighted by atomic mass is 16.3. The predicted molar refractivity (Wildman–Crippen MR) is 79.3 cm³/mol. The van der Waals surface area contributed by atoms with Crippen LogP contribution >= 0.6 is 0 Å². The average molecular weight is 283 g/mol. The van der Waals surface area contributed by atoms with Crippen LogP contribution in [0.1, 0.15) is 46.0 Å². The Bertz CT molecular complexity index is 318. The summed E-state index contributed by atoms with van der Waals surface area (Å²) in [5, 5.41) is 13.7. The van der Waals surface area contributed by atoms with Gasteiger partial charge in [0.25, 0.3) is 0 Å². The molecule has 0 bridgehead atoms. The molecule has 2 fully saturated rings. The summed E-state index contributed by atoms with van der Waals surface area (Å²) in [6.45, 7) is 7.65. The summed E-state index contributed by atoms with van der Waals surface area (Å²) in [6.07, 6.45) is 5.17. The monoisotopic (exact) mass is 283 g/mol. The molecule has 0 aromatic rings. The van der Waals surface area contributed by atoms with Gasteiger partial charge in [0.15, 0.2) is 0 Å². The molecule has 5 heteroatoms. The first-order chi connectivity index (χ1) is 9.61. The van der Waals surface area contributed by atoms with Crippen LogP contribution in [-0.4, -0.2) is 65.3 Å². The molecule has 0 saturated carbocycles. The maximum Gasteiger partial charge on any atom is 0.217 e. The highest BCUT2D eigenvalue weighted by molar-refractivity contribution is 5.73. The number of rotatable bonds is 6. The Labute approximate surface area is 122 Å². The van der Waals surface area contributed by atoms with Crippen LogP contribution in [0.4, 0.5) is 0 Å². The zero-order valence-electron chi connectivity index (χ0n) is 12.8. The van der Waals surface area contributed by atoms with Crippen molar-refractivity contribution >= 4 is 5.91 Å². The van der Waals surface area contributed by atoms with Crippen molar-refractivity contribution in [3.8, 4) is 0 Å². The first-order valence-corrected chi connectivity index (χ1v) is 8.05. The Morgan fingerprint density at radius 3 is 2.70 bits per heavy atom. The summed E-state index contributed by atoms with van der Waals surface area (Å²) in [6, 6.07) is 0.350. The zero-order valence-corrected chi connectivity index (χ0v) is 12.8. The molecule has 2 N–H and O–H groups in total. The van der Waals surface area contributed by atoms with Crippen LogP contribution in [0.25, 0.3) is 0 Å². The second kappa shape index (κ2) is 7.38. The summed E-state index contributed by atoms with van der Waals surface area (Å²) in [5.41, 5.74) is 0. The van der Waals surface area contributed by atoms with Crippen molar-refractivity contribution in [3.63, 3.8) is 0 Å². The molecule has 1 amide bonds. The summed E-state index contributed by atoms with van der Waals surface area (Å²) < 4.78 is 0. The van der Waals surface area contributed by atoms with Crippen LogP contribution < -0.4 is 5.32 Å². The van der Waals surface area contributed by atoms with Crippen molar-refractivity contribution in [3.05, 3.63) is 0 Å². The number of amides is 1. The third-order valence-electron chi connectivity index (χ3n) is 4.52. The lowest BCUT2D eigenvalue weighted by Crippen LogP contribution is -2.48. The van der Waals surface area contributed by atoms with E-state index in [1.54, 1.807) is 6.92 Å². The van der Waals surface area contributed by atoms with Crippen molar-refractivity contribution in [1.29, 1.82) is 0 Å². The lowest BCUT2D eigenvalue weighted by Gasteiger charge is -2.33. The summed E-state index contributed by atoms with van der Waals surface area (Å²) in [4.78, 5) is 15.8.